The van der Waals surface area contributed by atoms with E-state index < -0.39 is 0 Å². The molecule has 1 aliphatic carbocycles. The van der Waals surface area contributed by atoms with Gasteiger partial charge in [0.05, 0.1) is 11.8 Å². The molecule has 14 heavy (non-hydrogen) atoms. The van der Waals surface area contributed by atoms with Crippen LogP contribution in [0.2, 0.25) is 0 Å². The first-order valence-electron chi connectivity index (χ1n) is 5.21. The minimum atomic E-state index is 0.374. The van der Waals surface area contributed by atoms with E-state index in [1.807, 2.05) is 0 Å². The second-order valence-electron chi connectivity index (χ2n) is 4.24. The topological polar surface area (TPSA) is 38.3 Å². The molecule has 0 spiro atoms. The van der Waals surface area contributed by atoms with Crippen LogP contribution in [0.3, 0.4) is 0 Å². The van der Waals surface area contributed by atoms with Crippen molar-refractivity contribution in [2.75, 3.05) is 7.11 Å². The molecule has 2 rings (SSSR count). The Hall–Kier alpha value is -0.830. The Morgan fingerprint density at radius 3 is 2.93 bits per heavy atom. The zero-order chi connectivity index (χ0) is 10.1. The lowest BCUT2D eigenvalue weighted by atomic mass is 9.81. The lowest BCUT2D eigenvalue weighted by Gasteiger charge is -2.31. The molecule has 0 radical (unpaired) electrons. The van der Waals surface area contributed by atoms with Crippen molar-refractivity contribution in [3.8, 4) is 0 Å². The van der Waals surface area contributed by atoms with Crippen molar-refractivity contribution < 1.29 is 9.53 Å². The Bertz CT molecular complexity index is 272. The largest absolute Gasteiger partial charge is 0.381 e. The lowest BCUT2D eigenvalue weighted by molar-refractivity contribution is -0.105. The van der Waals surface area contributed by atoms with E-state index in [-0.39, 0.29) is 0 Å². The van der Waals surface area contributed by atoms with Gasteiger partial charge < -0.3 is 10.1 Å². The average molecular weight is 195 g/mol. The Morgan fingerprint density at radius 2 is 2.29 bits per heavy atom. The van der Waals surface area contributed by atoms with Gasteiger partial charge in [0.2, 0.25) is 0 Å². The first-order chi connectivity index (χ1) is 6.76. The van der Waals surface area contributed by atoms with Gasteiger partial charge in [0.25, 0.3) is 0 Å². The van der Waals surface area contributed by atoms with Crippen molar-refractivity contribution in [2.24, 2.45) is 5.92 Å². The molecule has 1 aliphatic heterocycles. The number of carbonyl (C=O) groups excluding carboxylic acids is 1. The maximum absolute atomic E-state index is 10.8. The summed E-state index contributed by atoms with van der Waals surface area (Å²) in [5.41, 5.74) is 2.02. The van der Waals surface area contributed by atoms with Crippen molar-refractivity contribution in [1.82, 2.24) is 5.32 Å². The number of ether oxygens (including phenoxy) is 1. The molecule has 0 aromatic carbocycles. The van der Waals surface area contributed by atoms with E-state index >= 15 is 0 Å². The Labute approximate surface area is 84.5 Å². The number of hydrogen-bond donors (Lipinski definition) is 1. The average Bonchev–Trinajstić information content (AvgIpc) is 2.55. The van der Waals surface area contributed by atoms with Crippen LogP contribution in [-0.2, 0) is 9.53 Å². The summed E-state index contributed by atoms with van der Waals surface area (Å²) in [4.78, 5) is 10.8. The van der Waals surface area contributed by atoms with E-state index in [2.05, 4.69) is 12.2 Å². The third-order valence-electron chi connectivity index (χ3n) is 3.58. The maximum atomic E-state index is 10.8. The number of rotatable bonds is 2. The fourth-order valence-corrected chi connectivity index (χ4v) is 2.64. The SMILES string of the molecule is COC1CC[C@@H]2NC(C=O)=C(C)C2C1. The predicted octanol–water partition coefficient (Wildman–Crippen LogP) is 1.25. The molecule has 0 aromatic heterocycles. The van der Waals surface area contributed by atoms with E-state index in [0.29, 0.717) is 18.1 Å². The fourth-order valence-electron chi connectivity index (χ4n) is 2.64. The molecule has 0 amide bonds. The minimum Gasteiger partial charge on any atom is -0.381 e. The standard InChI is InChI=1S/C11H17NO2/c1-7-9-5-8(14-2)3-4-10(9)12-11(7)6-13/h6,8-10,12H,3-5H2,1-2H3/t8?,9?,10-/m0/s1. The molecule has 3 heteroatoms. The summed E-state index contributed by atoms with van der Waals surface area (Å²) < 4.78 is 5.38. The van der Waals surface area contributed by atoms with Crippen molar-refractivity contribution in [3.05, 3.63) is 11.3 Å². The quantitative estimate of drug-likeness (QED) is 0.674. The van der Waals surface area contributed by atoms with E-state index in [0.717, 1.165) is 31.2 Å². The molecule has 1 N–H and O–H groups in total. The van der Waals surface area contributed by atoms with Gasteiger partial charge in [-0.05, 0) is 31.8 Å². The highest BCUT2D eigenvalue weighted by Crippen LogP contribution is 2.36. The molecular weight excluding hydrogens is 178 g/mol. The second-order valence-corrected chi connectivity index (χ2v) is 4.24. The molecule has 3 nitrogen and oxygen atoms in total. The number of hydrogen-bond acceptors (Lipinski definition) is 3. The Kier molecular flexibility index (Phi) is 2.59. The first kappa shape index (κ1) is 9.71. The lowest BCUT2D eigenvalue weighted by Crippen LogP contribution is -2.37. The van der Waals surface area contributed by atoms with Crippen LogP contribution in [0.4, 0.5) is 0 Å². The number of carbonyl (C=O) groups is 1. The molecular formula is C11H17NO2. The Balaban J connectivity index is 2.12. The van der Waals surface area contributed by atoms with E-state index in [1.165, 1.54) is 5.57 Å². The molecule has 1 fully saturated rings. The third-order valence-corrected chi connectivity index (χ3v) is 3.58. The van der Waals surface area contributed by atoms with Crippen LogP contribution in [0.5, 0.6) is 0 Å². The van der Waals surface area contributed by atoms with Crippen molar-refractivity contribution >= 4 is 6.29 Å². The van der Waals surface area contributed by atoms with Crippen molar-refractivity contribution in [3.63, 3.8) is 0 Å². The molecule has 0 aromatic rings. The maximum Gasteiger partial charge on any atom is 0.165 e. The molecule has 2 aliphatic rings. The summed E-state index contributed by atoms with van der Waals surface area (Å²) in [5, 5.41) is 3.29. The van der Waals surface area contributed by atoms with Gasteiger partial charge in [-0.1, -0.05) is 0 Å². The number of allylic oxidation sites excluding steroid dienone is 1. The van der Waals surface area contributed by atoms with E-state index in [1.54, 1.807) is 7.11 Å². The van der Waals surface area contributed by atoms with Gasteiger partial charge in [-0.2, -0.15) is 0 Å². The van der Waals surface area contributed by atoms with Crippen molar-refractivity contribution in [2.45, 2.75) is 38.3 Å². The normalized spacial score (nSPS) is 36.6. The van der Waals surface area contributed by atoms with Gasteiger partial charge in [0, 0.05) is 19.1 Å². The molecule has 1 saturated carbocycles. The monoisotopic (exact) mass is 195 g/mol. The van der Waals surface area contributed by atoms with Crippen LogP contribution in [0.25, 0.3) is 0 Å². The zero-order valence-electron chi connectivity index (χ0n) is 8.75. The molecule has 78 valence electrons. The molecule has 2 unspecified atom stereocenters. The van der Waals surface area contributed by atoms with Crippen LogP contribution in [0, 0.1) is 5.92 Å². The fraction of sp³-hybridized carbons (Fsp3) is 0.727. The van der Waals surface area contributed by atoms with Crippen molar-refractivity contribution in [1.29, 1.82) is 0 Å². The summed E-state index contributed by atoms with van der Waals surface area (Å²) in [6.07, 6.45) is 4.58. The highest BCUT2D eigenvalue weighted by atomic mass is 16.5. The highest BCUT2D eigenvalue weighted by molar-refractivity contribution is 5.75. The summed E-state index contributed by atoms with van der Waals surface area (Å²) in [6.45, 7) is 2.06. The van der Waals surface area contributed by atoms with Crippen LogP contribution in [0.1, 0.15) is 26.2 Å². The molecule has 0 saturated heterocycles. The minimum absolute atomic E-state index is 0.374. The summed E-state index contributed by atoms with van der Waals surface area (Å²) in [5.74, 6) is 0.508. The molecule has 3 atom stereocenters. The van der Waals surface area contributed by atoms with Gasteiger partial charge in [-0.25, -0.2) is 0 Å². The van der Waals surface area contributed by atoms with Gasteiger partial charge in [-0.3, -0.25) is 4.79 Å². The van der Waals surface area contributed by atoms with Crippen LogP contribution in [-0.4, -0.2) is 25.5 Å². The number of fused-ring (bicyclic) bond motifs is 1. The second kappa shape index (κ2) is 3.73. The van der Waals surface area contributed by atoms with Gasteiger partial charge in [0.1, 0.15) is 0 Å². The summed E-state index contributed by atoms with van der Waals surface area (Å²) in [6, 6.07) is 0.474. The van der Waals surface area contributed by atoms with E-state index in [9.17, 15) is 4.79 Å². The molecule has 0 bridgehead atoms. The van der Waals surface area contributed by atoms with Crippen LogP contribution < -0.4 is 5.32 Å². The van der Waals surface area contributed by atoms with Gasteiger partial charge in [0.15, 0.2) is 6.29 Å². The van der Waals surface area contributed by atoms with Gasteiger partial charge >= 0.3 is 0 Å². The van der Waals surface area contributed by atoms with Crippen LogP contribution >= 0.6 is 0 Å². The number of nitrogens with one attached hydrogen (secondary N) is 1. The van der Waals surface area contributed by atoms with E-state index in [4.69, 9.17) is 4.74 Å². The number of aldehydes is 1. The predicted molar refractivity (Wildman–Crippen MR) is 53.8 cm³/mol. The zero-order valence-corrected chi connectivity index (χ0v) is 8.75. The van der Waals surface area contributed by atoms with Crippen LogP contribution in [0.15, 0.2) is 11.3 Å². The number of methoxy groups -OCH3 is 1. The highest BCUT2D eigenvalue weighted by Gasteiger charge is 2.37. The van der Waals surface area contributed by atoms with Gasteiger partial charge in [-0.15, -0.1) is 0 Å². The smallest absolute Gasteiger partial charge is 0.165 e. The molecule has 1 heterocycles. The third kappa shape index (κ3) is 1.46. The first-order valence-corrected chi connectivity index (χ1v) is 5.21. The Morgan fingerprint density at radius 1 is 1.50 bits per heavy atom. The summed E-state index contributed by atoms with van der Waals surface area (Å²) in [7, 11) is 1.77. The summed E-state index contributed by atoms with van der Waals surface area (Å²) >= 11 is 0.